The number of pyridine rings is 1. The Morgan fingerprint density at radius 1 is 1.32 bits per heavy atom. The van der Waals surface area contributed by atoms with Crippen molar-refractivity contribution < 1.29 is 9.90 Å². The van der Waals surface area contributed by atoms with Crippen molar-refractivity contribution in [3.8, 4) is 0 Å². The minimum Gasteiger partial charge on any atom is -0.389 e. The van der Waals surface area contributed by atoms with E-state index in [0.29, 0.717) is 30.4 Å². The van der Waals surface area contributed by atoms with Crippen LogP contribution in [-0.2, 0) is 0 Å². The van der Waals surface area contributed by atoms with Crippen molar-refractivity contribution in [2.75, 3.05) is 26.2 Å². The Labute approximate surface area is 153 Å². The molecule has 2 heterocycles. The van der Waals surface area contributed by atoms with Crippen LogP contribution in [-0.4, -0.2) is 63.6 Å². The molecule has 3 rings (SSSR count). The Bertz CT molecular complexity index is 788. The first-order valence-corrected chi connectivity index (χ1v) is 8.93. The highest BCUT2D eigenvalue weighted by molar-refractivity contribution is 6.31. The molecule has 1 aromatic heterocycles. The van der Waals surface area contributed by atoms with Gasteiger partial charge in [-0.2, -0.15) is 0 Å². The van der Waals surface area contributed by atoms with E-state index in [1.807, 2.05) is 23.1 Å². The number of halogens is 1. The molecule has 1 atom stereocenters. The molecule has 134 valence electrons. The molecule has 0 bridgehead atoms. The summed E-state index contributed by atoms with van der Waals surface area (Å²) in [4.78, 5) is 21.4. The monoisotopic (exact) mass is 361 g/mol. The maximum Gasteiger partial charge on any atom is 0.272 e. The third-order valence-electron chi connectivity index (χ3n) is 4.52. The summed E-state index contributed by atoms with van der Waals surface area (Å²) in [5.74, 6) is -0.0587. The van der Waals surface area contributed by atoms with Crippen LogP contribution in [0.2, 0.25) is 5.02 Å². The minimum atomic E-state index is -0.736. The van der Waals surface area contributed by atoms with E-state index in [0.717, 1.165) is 17.4 Å². The van der Waals surface area contributed by atoms with Crippen LogP contribution in [0.3, 0.4) is 0 Å². The average Bonchev–Trinajstić information content (AvgIpc) is 2.54. The van der Waals surface area contributed by atoms with Crippen molar-refractivity contribution in [3.05, 3.63) is 41.0 Å². The molecule has 1 saturated heterocycles. The average molecular weight is 362 g/mol. The molecule has 0 aliphatic carbocycles. The second-order valence-electron chi connectivity index (χ2n) is 7.42. The van der Waals surface area contributed by atoms with Crippen LogP contribution in [0.4, 0.5) is 0 Å². The second-order valence-corrected chi connectivity index (χ2v) is 7.85. The molecule has 0 radical (unpaired) electrons. The number of piperazine rings is 1. The van der Waals surface area contributed by atoms with Crippen LogP contribution in [0, 0.1) is 0 Å². The number of nitrogens with zero attached hydrogens (tertiary/aromatic N) is 3. The first-order valence-electron chi connectivity index (χ1n) is 8.55. The van der Waals surface area contributed by atoms with Crippen molar-refractivity contribution in [3.63, 3.8) is 0 Å². The van der Waals surface area contributed by atoms with Crippen molar-refractivity contribution in [2.24, 2.45) is 0 Å². The number of rotatable bonds is 3. The Hall–Kier alpha value is -1.69. The first kappa shape index (κ1) is 18.1. The zero-order valence-corrected chi connectivity index (χ0v) is 15.6. The van der Waals surface area contributed by atoms with Crippen LogP contribution >= 0.6 is 11.6 Å². The second kappa shape index (κ2) is 6.90. The van der Waals surface area contributed by atoms with Crippen LogP contribution < -0.4 is 0 Å². The van der Waals surface area contributed by atoms with Gasteiger partial charge in [0.15, 0.2) is 0 Å². The lowest BCUT2D eigenvalue weighted by Gasteiger charge is -2.41. The summed E-state index contributed by atoms with van der Waals surface area (Å²) in [6, 6.07) is 9.36. The SMILES string of the molecule is CC1CN(C(=O)c2ccc3ccc(Cl)cc3n2)CCN1CC(C)(C)O. The molecule has 1 fully saturated rings. The summed E-state index contributed by atoms with van der Waals surface area (Å²) >= 11 is 6.03. The third-order valence-corrected chi connectivity index (χ3v) is 4.75. The van der Waals surface area contributed by atoms with Gasteiger partial charge in [0, 0.05) is 42.6 Å². The molecule has 1 unspecified atom stereocenters. The molecule has 1 amide bonds. The van der Waals surface area contributed by atoms with Gasteiger partial charge >= 0.3 is 0 Å². The maximum atomic E-state index is 12.8. The normalized spacial score (nSPS) is 19.4. The molecular weight excluding hydrogens is 338 g/mol. The topological polar surface area (TPSA) is 56.7 Å². The van der Waals surface area contributed by atoms with Crippen LogP contribution in [0.5, 0.6) is 0 Å². The van der Waals surface area contributed by atoms with Crippen LogP contribution in [0.25, 0.3) is 10.9 Å². The maximum absolute atomic E-state index is 12.8. The Balaban J connectivity index is 1.74. The molecule has 0 saturated carbocycles. The molecule has 2 aromatic rings. The quantitative estimate of drug-likeness (QED) is 0.913. The molecule has 1 aliphatic rings. The number of β-amino-alcohol motifs (C(OH)–C–C–N with tert-alkyl or cyclic N) is 1. The zero-order chi connectivity index (χ0) is 18.2. The standard InChI is InChI=1S/C19H24ClN3O2/c1-13-11-22(8-9-23(13)12-19(2,3)25)18(24)16-7-5-14-4-6-15(20)10-17(14)21-16/h4-7,10,13,25H,8-9,11-12H2,1-3H3. The molecular formula is C19H24ClN3O2. The van der Waals surface area contributed by atoms with Gasteiger partial charge in [-0.1, -0.05) is 23.7 Å². The fourth-order valence-corrected chi connectivity index (χ4v) is 3.45. The summed E-state index contributed by atoms with van der Waals surface area (Å²) in [5, 5.41) is 11.6. The molecule has 1 aromatic carbocycles. The number of hydrogen-bond acceptors (Lipinski definition) is 4. The lowest BCUT2D eigenvalue weighted by molar-refractivity contribution is -0.00155. The number of hydrogen-bond donors (Lipinski definition) is 1. The van der Waals surface area contributed by atoms with Gasteiger partial charge in [-0.3, -0.25) is 9.69 Å². The molecule has 25 heavy (non-hydrogen) atoms. The van der Waals surface area contributed by atoms with Crippen molar-refractivity contribution in [1.82, 2.24) is 14.8 Å². The van der Waals surface area contributed by atoms with Gasteiger partial charge in [0.05, 0.1) is 11.1 Å². The number of benzene rings is 1. The smallest absolute Gasteiger partial charge is 0.272 e. The van der Waals surface area contributed by atoms with Gasteiger partial charge in [0.25, 0.3) is 5.91 Å². The number of amides is 1. The summed E-state index contributed by atoms with van der Waals surface area (Å²) in [6.07, 6.45) is 0. The number of carbonyl (C=O) groups excluding carboxylic acids is 1. The van der Waals surface area contributed by atoms with Gasteiger partial charge < -0.3 is 10.0 Å². The fraction of sp³-hybridized carbons (Fsp3) is 0.474. The Morgan fingerprint density at radius 3 is 2.72 bits per heavy atom. The van der Waals surface area contributed by atoms with Crippen molar-refractivity contribution >= 4 is 28.4 Å². The summed E-state index contributed by atoms with van der Waals surface area (Å²) < 4.78 is 0. The Kier molecular flexibility index (Phi) is 5.00. The Morgan fingerprint density at radius 2 is 2.04 bits per heavy atom. The van der Waals surface area contributed by atoms with E-state index in [-0.39, 0.29) is 11.9 Å². The van der Waals surface area contributed by atoms with Gasteiger partial charge in [-0.05, 0) is 39.0 Å². The minimum absolute atomic E-state index is 0.0587. The summed E-state index contributed by atoms with van der Waals surface area (Å²) in [6.45, 7) is 8.31. The zero-order valence-electron chi connectivity index (χ0n) is 14.9. The number of fused-ring (bicyclic) bond motifs is 1. The summed E-state index contributed by atoms with van der Waals surface area (Å²) in [5.41, 5.74) is 0.435. The van der Waals surface area contributed by atoms with Crippen LogP contribution in [0.1, 0.15) is 31.3 Å². The molecule has 1 aliphatic heterocycles. The molecule has 0 spiro atoms. The van der Waals surface area contributed by atoms with E-state index in [1.54, 1.807) is 26.0 Å². The number of aliphatic hydroxyl groups is 1. The van der Waals surface area contributed by atoms with Crippen LogP contribution in [0.15, 0.2) is 30.3 Å². The number of carbonyl (C=O) groups is 1. The molecule has 1 N–H and O–H groups in total. The van der Waals surface area contributed by atoms with Gasteiger partial charge in [-0.15, -0.1) is 0 Å². The highest BCUT2D eigenvalue weighted by atomic mass is 35.5. The van der Waals surface area contributed by atoms with E-state index >= 15 is 0 Å². The fourth-order valence-electron chi connectivity index (χ4n) is 3.28. The largest absolute Gasteiger partial charge is 0.389 e. The lowest BCUT2D eigenvalue weighted by atomic mass is 10.1. The third kappa shape index (κ3) is 4.29. The van der Waals surface area contributed by atoms with E-state index in [2.05, 4.69) is 16.8 Å². The van der Waals surface area contributed by atoms with Crippen molar-refractivity contribution in [1.29, 1.82) is 0 Å². The highest BCUT2D eigenvalue weighted by Gasteiger charge is 2.30. The van der Waals surface area contributed by atoms with E-state index in [1.165, 1.54) is 0 Å². The first-order chi connectivity index (χ1) is 11.7. The van der Waals surface area contributed by atoms with E-state index in [9.17, 15) is 9.90 Å². The lowest BCUT2D eigenvalue weighted by Crippen LogP contribution is -2.56. The highest BCUT2D eigenvalue weighted by Crippen LogP contribution is 2.20. The van der Waals surface area contributed by atoms with Crippen molar-refractivity contribution in [2.45, 2.75) is 32.4 Å². The molecule has 5 nitrogen and oxygen atoms in total. The van der Waals surface area contributed by atoms with Gasteiger partial charge in [0.2, 0.25) is 0 Å². The van der Waals surface area contributed by atoms with E-state index in [4.69, 9.17) is 11.6 Å². The predicted octanol–water partition coefficient (Wildman–Crippen LogP) is 2.81. The molecule has 6 heteroatoms. The predicted molar refractivity (Wildman–Crippen MR) is 100.0 cm³/mol. The van der Waals surface area contributed by atoms with Gasteiger partial charge in [0.1, 0.15) is 5.69 Å². The van der Waals surface area contributed by atoms with E-state index < -0.39 is 5.60 Å². The van der Waals surface area contributed by atoms with Gasteiger partial charge in [-0.25, -0.2) is 4.98 Å². The number of aromatic nitrogens is 1. The summed E-state index contributed by atoms with van der Waals surface area (Å²) in [7, 11) is 0.